The van der Waals surface area contributed by atoms with Crippen molar-refractivity contribution in [3.8, 4) is 0 Å². The Morgan fingerprint density at radius 2 is 1.72 bits per heavy atom. The molecule has 2 aromatic carbocycles. The second-order valence-corrected chi connectivity index (χ2v) is 9.44. The largest absolute Gasteiger partial charge is 0.416 e. The van der Waals surface area contributed by atoms with Crippen LogP contribution in [0.4, 0.5) is 0 Å². The van der Waals surface area contributed by atoms with Gasteiger partial charge in [-0.3, -0.25) is 0 Å². The molecule has 1 fully saturated rings. The summed E-state index contributed by atoms with van der Waals surface area (Å²) in [4.78, 5) is 0.299. The van der Waals surface area contributed by atoms with E-state index < -0.39 is 10.0 Å². The minimum atomic E-state index is -3.51. The molecule has 0 N–H and O–H groups in total. The van der Waals surface area contributed by atoms with E-state index in [0.717, 1.165) is 11.1 Å². The van der Waals surface area contributed by atoms with Gasteiger partial charge in [-0.05, 0) is 23.3 Å². The van der Waals surface area contributed by atoms with E-state index in [1.165, 1.54) is 16.1 Å². The van der Waals surface area contributed by atoms with Gasteiger partial charge in [0.1, 0.15) is 0 Å². The third-order valence-corrected chi connectivity index (χ3v) is 7.30. The van der Waals surface area contributed by atoms with Crippen LogP contribution in [0.25, 0.3) is 0 Å². The summed E-state index contributed by atoms with van der Waals surface area (Å²) in [6.07, 6.45) is 0.585. The number of sulfonamides is 1. The normalized spacial score (nSPS) is 15.4. The highest BCUT2D eigenvalue weighted by Crippen LogP contribution is 2.25. The van der Waals surface area contributed by atoms with E-state index in [1.54, 1.807) is 18.2 Å². The van der Waals surface area contributed by atoms with Gasteiger partial charge >= 0.3 is 0 Å². The van der Waals surface area contributed by atoms with Crippen molar-refractivity contribution in [2.45, 2.75) is 22.3 Å². The highest BCUT2D eigenvalue weighted by Gasteiger charge is 2.26. The molecule has 0 amide bonds. The first-order chi connectivity index (χ1) is 14.1. The molecule has 3 aromatic rings. The van der Waals surface area contributed by atoms with Gasteiger partial charge in [-0.15, -0.1) is 10.2 Å². The lowest BCUT2D eigenvalue weighted by molar-refractivity contribution is 0.0730. The first-order valence-electron chi connectivity index (χ1n) is 9.27. The van der Waals surface area contributed by atoms with E-state index in [0.29, 0.717) is 54.5 Å². The van der Waals surface area contributed by atoms with Crippen LogP contribution in [0.5, 0.6) is 0 Å². The lowest BCUT2D eigenvalue weighted by atomic mass is 10.2. The van der Waals surface area contributed by atoms with Crippen molar-refractivity contribution < 1.29 is 17.6 Å². The zero-order valence-corrected chi connectivity index (χ0v) is 17.4. The topological polar surface area (TPSA) is 85.5 Å². The Morgan fingerprint density at radius 3 is 2.52 bits per heavy atom. The van der Waals surface area contributed by atoms with Crippen LogP contribution in [-0.4, -0.2) is 49.2 Å². The SMILES string of the molecule is O=S(=O)(c1cccc(CSc2nnc(Cc3ccccc3)o2)c1)N1CCOCC1. The zero-order valence-electron chi connectivity index (χ0n) is 15.7. The number of benzene rings is 2. The molecule has 2 heterocycles. The third-order valence-electron chi connectivity index (χ3n) is 4.52. The maximum absolute atomic E-state index is 12.8. The van der Waals surface area contributed by atoms with Gasteiger partial charge < -0.3 is 9.15 Å². The Morgan fingerprint density at radius 1 is 0.966 bits per heavy atom. The Kier molecular flexibility index (Phi) is 6.29. The molecular weight excluding hydrogens is 410 g/mol. The van der Waals surface area contributed by atoms with Gasteiger partial charge in [0.15, 0.2) is 0 Å². The summed E-state index contributed by atoms with van der Waals surface area (Å²) in [7, 11) is -3.51. The maximum atomic E-state index is 12.8. The second-order valence-electron chi connectivity index (χ2n) is 6.58. The molecule has 29 heavy (non-hydrogen) atoms. The van der Waals surface area contributed by atoms with Crippen molar-refractivity contribution in [3.63, 3.8) is 0 Å². The predicted molar refractivity (Wildman–Crippen MR) is 109 cm³/mol. The van der Waals surface area contributed by atoms with Crippen LogP contribution in [0.15, 0.2) is 69.1 Å². The van der Waals surface area contributed by atoms with Gasteiger partial charge in [0.05, 0.1) is 24.5 Å². The van der Waals surface area contributed by atoms with Crippen LogP contribution >= 0.6 is 11.8 Å². The number of aromatic nitrogens is 2. The standard InChI is InChI=1S/C20H21N3O4S2/c24-29(25,23-9-11-26-12-10-23)18-8-4-7-17(13-18)15-28-20-22-21-19(27-20)14-16-5-2-1-3-6-16/h1-8,13H,9-12,14-15H2. The highest BCUT2D eigenvalue weighted by atomic mass is 32.2. The highest BCUT2D eigenvalue weighted by molar-refractivity contribution is 7.98. The van der Waals surface area contributed by atoms with Crippen LogP contribution in [0.3, 0.4) is 0 Å². The fraction of sp³-hybridized carbons (Fsp3) is 0.300. The molecule has 1 aliphatic heterocycles. The van der Waals surface area contributed by atoms with Crippen molar-refractivity contribution in [3.05, 3.63) is 71.6 Å². The summed E-state index contributed by atoms with van der Waals surface area (Å²) >= 11 is 1.39. The summed E-state index contributed by atoms with van der Waals surface area (Å²) in [5, 5.41) is 8.64. The molecule has 152 valence electrons. The molecule has 4 rings (SSSR count). The van der Waals surface area contributed by atoms with Crippen molar-refractivity contribution >= 4 is 21.8 Å². The first-order valence-corrected chi connectivity index (χ1v) is 11.7. The smallest absolute Gasteiger partial charge is 0.276 e. The summed E-state index contributed by atoms with van der Waals surface area (Å²) < 4.78 is 38.0. The van der Waals surface area contributed by atoms with E-state index in [9.17, 15) is 8.42 Å². The minimum Gasteiger partial charge on any atom is -0.416 e. The third kappa shape index (κ3) is 5.05. The van der Waals surface area contributed by atoms with Crippen LogP contribution in [0.2, 0.25) is 0 Å². The monoisotopic (exact) mass is 431 g/mol. The van der Waals surface area contributed by atoms with E-state index in [2.05, 4.69) is 10.2 Å². The zero-order chi connectivity index (χ0) is 20.1. The van der Waals surface area contributed by atoms with Gasteiger partial charge in [0.25, 0.3) is 5.22 Å². The Labute approximate surface area is 174 Å². The van der Waals surface area contributed by atoms with Gasteiger partial charge in [-0.1, -0.05) is 54.2 Å². The number of thioether (sulfide) groups is 1. The van der Waals surface area contributed by atoms with E-state index >= 15 is 0 Å². The molecule has 0 bridgehead atoms. The lowest BCUT2D eigenvalue weighted by Gasteiger charge is -2.26. The number of ether oxygens (including phenoxy) is 1. The molecule has 0 atom stereocenters. The Bertz CT molecular complexity index is 1050. The molecule has 7 nitrogen and oxygen atoms in total. The fourth-order valence-corrected chi connectivity index (χ4v) is 5.22. The number of hydrogen-bond donors (Lipinski definition) is 0. The van der Waals surface area contributed by atoms with Crippen molar-refractivity contribution in [2.24, 2.45) is 0 Å². The van der Waals surface area contributed by atoms with Gasteiger partial charge in [0.2, 0.25) is 15.9 Å². The van der Waals surface area contributed by atoms with Crippen molar-refractivity contribution in [2.75, 3.05) is 26.3 Å². The van der Waals surface area contributed by atoms with E-state index in [4.69, 9.17) is 9.15 Å². The molecule has 0 aliphatic carbocycles. The average Bonchev–Trinajstić information content (AvgIpc) is 3.21. The average molecular weight is 432 g/mol. The minimum absolute atomic E-state index is 0.299. The van der Waals surface area contributed by atoms with Crippen LogP contribution in [-0.2, 0) is 26.9 Å². The molecule has 0 radical (unpaired) electrons. The van der Waals surface area contributed by atoms with Crippen molar-refractivity contribution in [1.29, 1.82) is 0 Å². The maximum Gasteiger partial charge on any atom is 0.276 e. The molecule has 1 saturated heterocycles. The fourth-order valence-electron chi connectivity index (χ4n) is 3.02. The van der Waals surface area contributed by atoms with Crippen LogP contribution in [0.1, 0.15) is 17.0 Å². The summed E-state index contributed by atoms with van der Waals surface area (Å²) in [5.74, 6) is 1.10. The number of rotatable bonds is 7. The number of nitrogens with zero attached hydrogens (tertiary/aromatic N) is 3. The van der Waals surface area contributed by atoms with Crippen LogP contribution < -0.4 is 0 Å². The van der Waals surface area contributed by atoms with Gasteiger partial charge in [0, 0.05) is 18.8 Å². The Balaban J connectivity index is 1.40. The molecule has 0 unspecified atom stereocenters. The number of morpholine rings is 1. The van der Waals surface area contributed by atoms with E-state index in [1.807, 2.05) is 36.4 Å². The summed E-state index contributed by atoms with van der Waals surface area (Å²) in [6, 6.07) is 16.9. The van der Waals surface area contributed by atoms with Gasteiger partial charge in [-0.2, -0.15) is 4.31 Å². The molecule has 1 aliphatic rings. The molecule has 9 heteroatoms. The van der Waals surface area contributed by atoms with Gasteiger partial charge in [-0.25, -0.2) is 8.42 Å². The van der Waals surface area contributed by atoms with E-state index in [-0.39, 0.29) is 0 Å². The molecule has 1 aromatic heterocycles. The van der Waals surface area contributed by atoms with Crippen LogP contribution in [0, 0.1) is 0 Å². The lowest BCUT2D eigenvalue weighted by Crippen LogP contribution is -2.40. The number of hydrogen-bond acceptors (Lipinski definition) is 7. The summed E-state index contributed by atoms with van der Waals surface area (Å²) in [5.41, 5.74) is 1.99. The first kappa shape index (κ1) is 20.1. The molecule has 0 spiro atoms. The Hall–Kier alpha value is -2.20. The second kappa shape index (κ2) is 9.08. The summed E-state index contributed by atoms with van der Waals surface area (Å²) in [6.45, 7) is 1.62. The quantitative estimate of drug-likeness (QED) is 0.532. The molecular formula is C20H21N3O4S2. The molecule has 0 saturated carbocycles. The van der Waals surface area contributed by atoms with Crippen molar-refractivity contribution in [1.82, 2.24) is 14.5 Å². The predicted octanol–water partition coefficient (Wildman–Crippen LogP) is 2.97.